The fourth-order valence-electron chi connectivity index (χ4n) is 2.53. The van der Waals surface area contributed by atoms with Gasteiger partial charge in [-0.3, -0.25) is 0 Å². The van der Waals surface area contributed by atoms with E-state index in [1.807, 2.05) is 0 Å². The predicted octanol–water partition coefficient (Wildman–Crippen LogP) is 0.960. The molecule has 120 valence electrons. The van der Waals surface area contributed by atoms with Crippen LogP contribution >= 0.6 is 22.7 Å². The van der Waals surface area contributed by atoms with Crippen molar-refractivity contribution in [3.8, 4) is 0 Å². The molecule has 1 unspecified atom stereocenters. The fourth-order valence-corrected chi connectivity index (χ4v) is 3.84. The predicted molar refractivity (Wildman–Crippen MR) is 97.6 cm³/mol. The van der Waals surface area contributed by atoms with Crippen LogP contribution < -0.4 is 17.3 Å². The number of halogens is 1. The molecule has 3 rings (SSSR count). The molecule has 0 bridgehead atoms. The lowest BCUT2D eigenvalue weighted by Crippen LogP contribution is -3.07. The van der Waals surface area contributed by atoms with Gasteiger partial charge in [-0.15, -0.1) is 0 Å². The minimum Gasteiger partial charge on any atom is -1.00 e. The smallest absolute Gasteiger partial charge is 0.103 e. The van der Waals surface area contributed by atoms with E-state index in [1.54, 1.807) is 22.7 Å². The Bertz CT molecular complexity index is 667. The number of thiophene rings is 2. The molecule has 0 aliphatic rings. The number of quaternary nitrogens is 1. The summed E-state index contributed by atoms with van der Waals surface area (Å²) in [5, 5.41) is 8.76. The Labute approximate surface area is 152 Å². The average molecular weight is 362 g/mol. The molecular formula is C19H20ClNS2. The second-order valence-corrected chi connectivity index (χ2v) is 7.03. The van der Waals surface area contributed by atoms with Gasteiger partial charge in [0.2, 0.25) is 0 Å². The Morgan fingerprint density at radius 3 is 2.09 bits per heavy atom. The van der Waals surface area contributed by atoms with Gasteiger partial charge in [-0.25, -0.2) is 0 Å². The Hall–Kier alpha value is -1.39. The maximum atomic E-state index is 2.38. The maximum Gasteiger partial charge on any atom is 0.103 e. The van der Waals surface area contributed by atoms with Gasteiger partial charge in [0, 0.05) is 5.56 Å². The normalized spacial score (nSPS) is 11.5. The lowest BCUT2D eigenvalue weighted by Gasteiger charge is -2.13. The van der Waals surface area contributed by atoms with E-state index in [-0.39, 0.29) is 12.4 Å². The second kappa shape index (κ2) is 9.04. The van der Waals surface area contributed by atoms with E-state index < -0.39 is 0 Å². The summed E-state index contributed by atoms with van der Waals surface area (Å²) in [4.78, 5) is 1.49. The van der Waals surface area contributed by atoms with Gasteiger partial charge in [-0.1, -0.05) is 30.3 Å². The third kappa shape index (κ3) is 5.05. The van der Waals surface area contributed by atoms with Crippen molar-refractivity contribution >= 4 is 28.2 Å². The van der Waals surface area contributed by atoms with Crippen molar-refractivity contribution in [2.75, 3.05) is 13.6 Å². The van der Waals surface area contributed by atoms with Crippen molar-refractivity contribution in [2.24, 2.45) is 0 Å². The molecule has 0 amide bonds. The van der Waals surface area contributed by atoms with Gasteiger partial charge in [0.25, 0.3) is 0 Å². The molecule has 2 heterocycles. The molecule has 0 aliphatic carbocycles. The second-order valence-electron chi connectivity index (χ2n) is 5.47. The zero-order valence-corrected chi connectivity index (χ0v) is 15.4. The first-order valence-corrected chi connectivity index (χ1v) is 9.32. The molecule has 0 saturated carbocycles. The summed E-state index contributed by atoms with van der Waals surface area (Å²) in [6.07, 6.45) is 2.38. The highest BCUT2D eigenvalue weighted by molar-refractivity contribution is 7.08. The topological polar surface area (TPSA) is 4.44 Å². The first-order chi connectivity index (χ1) is 10.8. The highest BCUT2D eigenvalue weighted by Gasteiger charge is 2.08. The van der Waals surface area contributed by atoms with Gasteiger partial charge in [-0.2, -0.15) is 22.7 Å². The van der Waals surface area contributed by atoms with Crippen LogP contribution in [0.15, 0.2) is 70.1 Å². The van der Waals surface area contributed by atoms with E-state index in [9.17, 15) is 0 Å². The fraction of sp³-hybridized carbons (Fsp3) is 0.158. The van der Waals surface area contributed by atoms with E-state index >= 15 is 0 Å². The summed E-state index contributed by atoms with van der Waals surface area (Å²) in [6, 6.07) is 15.1. The molecular weight excluding hydrogens is 342 g/mol. The molecule has 0 fully saturated rings. The molecule has 1 atom stereocenters. The first-order valence-electron chi connectivity index (χ1n) is 7.43. The van der Waals surface area contributed by atoms with Crippen LogP contribution in [0.4, 0.5) is 0 Å². The van der Waals surface area contributed by atoms with E-state index in [1.165, 1.54) is 27.2 Å². The van der Waals surface area contributed by atoms with E-state index in [4.69, 9.17) is 0 Å². The van der Waals surface area contributed by atoms with Crippen LogP contribution in [0.25, 0.3) is 5.57 Å². The first kappa shape index (κ1) is 18.0. The minimum absolute atomic E-state index is 0. The molecule has 4 heteroatoms. The van der Waals surface area contributed by atoms with Crippen molar-refractivity contribution in [2.45, 2.75) is 6.54 Å². The Balaban J connectivity index is 0.00000192. The van der Waals surface area contributed by atoms with Crippen LogP contribution in [0.5, 0.6) is 0 Å². The zero-order chi connectivity index (χ0) is 15.2. The summed E-state index contributed by atoms with van der Waals surface area (Å²) in [5.41, 5.74) is 5.41. The highest BCUT2D eigenvalue weighted by atomic mass is 35.5. The number of benzene rings is 1. The molecule has 2 aromatic heterocycles. The number of nitrogens with one attached hydrogen (secondary N) is 1. The van der Waals surface area contributed by atoms with E-state index in [0.717, 1.165) is 13.1 Å². The lowest BCUT2D eigenvalue weighted by atomic mass is 10.0. The molecule has 0 aliphatic heterocycles. The van der Waals surface area contributed by atoms with Crippen molar-refractivity contribution in [3.05, 3.63) is 86.8 Å². The monoisotopic (exact) mass is 361 g/mol. The SMILES string of the molecule is C[NH+](CC=C(c1ccsc1)c1ccsc1)Cc1ccccc1.[Cl-]. The molecule has 0 radical (unpaired) electrons. The Kier molecular flexibility index (Phi) is 7.06. The summed E-state index contributed by atoms with van der Waals surface area (Å²) in [7, 11) is 2.25. The number of rotatable bonds is 6. The van der Waals surface area contributed by atoms with Crippen molar-refractivity contribution < 1.29 is 17.3 Å². The zero-order valence-electron chi connectivity index (χ0n) is 13.0. The van der Waals surface area contributed by atoms with E-state index in [0.29, 0.717) is 0 Å². The molecule has 1 nitrogen and oxygen atoms in total. The van der Waals surface area contributed by atoms with Crippen LogP contribution in [0.2, 0.25) is 0 Å². The third-order valence-electron chi connectivity index (χ3n) is 3.67. The number of hydrogen-bond acceptors (Lipinski definition) is 2. The summed E-state index contributed by atoms with van der Waals surface area (Å²) < 4.78 is 0. The van der Waals surface area contributed by atoms with Crippen LogP contribution in [0, 0.1) is 0 Å². The molecule has 0 saturated heterocycles. The van der Waals surface area contributed by atoms with Crippen LogP contribution in [-0.2, 0) is 6.54 Å². The summed E-state index contributed by atoms with van der Waals surface area (Å²) in [6.45, 7) is 2.08. The van der Waals surface area contributed by atoms with Crippen LogP contribution in [0.1, 0.15) is 16.7 Å². The molecule has 3 aromatic rings. The van der Waals surface area contributed by atoms with Gasteiger partial charge in [0.1, 0.15) is 6.54 Å². The van der Waals surface area contributed by atoms with Crippen LogP contribution in [0.3, 0.4) is 0 Å². The summed E-state index contributed by atoms with van der Waals surface area (Å²) >= 11 is 3.52. The molecule has 23 heavy (non-hydrogen) atoms. The lowest BCUT2D eigenvalue weighted by molar-refractivity contribution is -0.887. The van der Waals surface area contributed by atoms with Gasteiger partial charge < -0.3 is 17.3 Å². The van der Waals surface area contributed by atoms with Gasteiger partial charge >= 0.3 is 0 Å². The quantitative estimate of drug-likeness (QED) is 0.667. The van der Waals surface area contributed by atoms with Crippen molar-refractivity contribution in [1.82, 2.24) is 0 Å². The minimum atomic E-state index is 0. The summed E-state index contributed by atoms with van der Waals surface area (Å²) in [5.74, 6) is 0. The van der Waals surface area contributed by atoms with Crippen molar-refractivity contribution in [1.29, 1.82) is 0 Å². The van der Waals surface area contributed by atoms with Crippen LogP contribution in [-0.4, -0.2) is 13.6 Å². The maximum absolute atomic E-state index is 2.38. The van der Waals surface area contributed by atoms with Gasteiger partial charge in [0.05, 0.1) is 13.6 Å². The molecule has 0 spiro atoms. The van der Waals surface area contributed by atoms with Crippen molar-refractivity contribution in [3.63, 3.8) is 0 Å². The highest BCUT2D eigenvalue weighted by Crippen LogP contribution is 2.26. The third-order valence-corrected chi connectivity index (χ3v) is 5.03. The largest absolute Gasteiger partial charge is 1.00 e. The average Bonchev–Trinajstić information content (AvgIpc) is 3.22. The standard InChI is InChI=1S/C19H19NS2.ClH/c1-20(13-16-5-3-2-4-6-16)10-7-19(17-8-11-21-14-17)18-9-12-22-15-18;/h2-9,11-12,14-15H,10,13H2,1H3;1H. The van der Waals surface area contributed by atoms with Gasteiger partial charge in [0.15, 0.2) is 0 Å². The molecule has 1 aromatic carbocycles. The van der Waals surface area contributed by atoms with Gasteiger partial charge in [-0.05, 0) is 56.4 Å². The number of hydrogen-bond donors (Lipinski definition) is 1. The van der Waals surface area contributed by atoms with E-state index in [2.05, 4.69) is 77.1 Å². The number of likely N-dealkylation sites (N-methyl/N-ethyl adjacent to an activating group) is 1. The molecule has 1 N–H and O–H groups in total. The Morgan fingerprint density at radius 1 is 0.957 bits per heavy atom. The Morgan fingerprint density at radius 2 is 1.57 bits per heavy atom.